The van der Waals surface area contributed by atoms with E-state index in [0.29, 0.717) is 12.1 Å². The van der Waals surface area contributed by atoms with Gasteiger partial charge in [-0.25, -0.2) is 14.6 Å². The fourth-order valence-corrected chi connectivity index (χ4v) is 4.80. The van der Waals surface area contributed by atoms with Crippen molar-refractivity contribution in [3.63, 3.8) is 0 Å². The number of piperidine rings is 1. The molecule has 2 N–H and O–H groups in total. The van der Waals surface area contributed by atoms with E-state index >= 15 is 0 Å². The summed E-state index contributed by atoms with van der Waals surface area (Å²) in [6.07, 6.45) is 9.90. The summed E-state index contributed by atoms with van der Waals surface area (Å²) < 4.78 is 1.86. The van der Waals surface area contributed by atoms with Crippen molar-refractivity contribution in [1.29, 1.82) is 0 Å². The first-order valence-corrected chi connectivity index (χ1v) is 10.7. The Morgan fingerprint density at radius 1 is 0.966 bits per heavy atom. The van der Waals surface area contributed by atoms with Crippen LogP contribution < -0.4 is 5.32 Å². The molecular formula is C22H28N6O. The normalized spacial score (nSPS) is 24.0. The van der Waals surface area contributed by atoms with Gasteiger partial charge in [0.2, 0.25) is 0 Å². The summed E-state index contributed by atoms with van der Waals surface area (Å²) in [7, 11) is 0. The molecule has 152 valence electrons. The first kappa shape index (κ1) is 18.5. The molecule has 2 atom stereocenters. The lowest BCUT2D eigenvalue weighted by Crippen LogP contribution is -2.50. The Bertz CT molecular complexity index is 950. The Morgan fingerprint density at radius 2 is 1.76 bits per heavy atom. The minimum atomic E-state index is -0.154. The molecule has 1 aliphatic heterocycles. The number of nitrogens with zero attached hydrogens (tertiary/aromatic N) is 5. The quantitative estimate of drug-likeness (QED) is 0.711. The Balaban J connectivity index is 1.29. The van der Waals surface area contributed by atoms with Crippen LogP contribution in [0.1, 0.15) is 38.5 Å². The molecule has 3 aromatic rings. The van der Waals surface area contributed by atoms with Crippen LogP contribution in [-0.4, -0.2) is 61.0 Å². The summed E-state index contributed by atoms with van der Waals surface area (Å²) >= 11 is 0. The predicted octanol–water partition coefficient (Wildman–Crippen LogP) is 3.00. The largest absolute Gasteiger partial charge is 0.391 e. The van der Waals surface area contributed by atoms with E-state index in [2.05, 4.69) is 25.3 Å². The molecule has 2 unspecified atom stereocenters. The van der Waals surface area contributed by atoms with Gasteiger partial charge in [0, 0.05) is 25.2 Å². The second kappa shape index (κ2) is 8.08. The molecule has 7 nitrogen and oxygen atoms in total. The molecule has 1 saturated heterocycles. The molecule has 2 aliphatic rings. The molecule has 7 heteroatoms. The van der Waals surface area contributed by atoms with Crippen LogP contribution in [0.15, 0.2) is 42.9 Å². The highest BCUT2D eigenvalue weighted by Gasteiger charge is 2.31. The van der Waals surface area contributed by atoms with Gasteiger partial charge >= 0.3 is 0 Å². The van der Waals surface area contributed by atoms with E-state index in [1.54, 1.807) is 6.33 Å². The van der Waals surface area contributed by atoms with Crippen molar-refractivity contribution in [3.05, 3.63) is 42.9 Å². The van der Waals surface area contributed by atoms with Gasteiger partial charge in [-0.1, -0.05) is 31.0 Å². The Hall–Kier alpha value is -2.51. The lowest BCUT2D eigenvalue weighted by molar-refractivity contribution is 0.00993. The van der Waals surface area contributed by atoms with Crippen molar-refractivity contribution in [2.75, 3.05) is 18.4 Å². The first-order chi connectivity index (χ1) is 14.3. The van der Waals surface area contributed by atoms with E-state index in [0.717, 1.165) is 67.7 Å². The summed E-state index contributed by atoms with van der Waals surface area (Å²) in [5, 5.41) is 19.5. The molecule has 0 amide bonds. The summed E-state index contributed by atoms with van der Waals surface area (Å²) in [6.45, 7) is 2.05. The van der Waals surface area contributed by atoms with E-state index in [1.165, 1.54) is 6.42 Å². The zero-order chi connectivity index (χ0) is 19.6. The molecule has 1 saturated carbocycles. The standard InChI is InChI=1S/C22H28N6O/c29-20-9-5-4-8-19(20)27-12-10-16(11-13-27)26-21-18-14-25-28(22(18)24-15-23-21)17-6-2-1-3-7-17/h1-3,6-7,14-16,19-20,29H,4-5,8-13H2,(H,23,24,26). The lowest BCUT2D eigenvalue weighted by atomic mass is 9.89. The fourth-order valence-electron chi connectivity index (χ4n) is 4.80. The molecule has 1 aromatic carbocycles. The van der Waals surface area contributed by atoms with Gasteiger partial charge in [0.25, 0.3) is 0 Å². The second-order valence-corrected chi connectivity index (χ2v) is 8.23. The van der Waals surface area contributed by atoms with Gasteiger partial charge in [0.05, 0.1) is 23.4 Å². The van der Waals surface area contributed by atoms with Crippen molar-refractivity contribution in [2.24, 2.45) is 0 Å². The molecule has 0 radical (unpaired) electrons. The van der Waals surface area contributed by atoms with Crippen LogP contribution in [0.4, 0.5) is 5.82 Å². The Morgan fingerprint density at radius 3 is 2.55 bits per heavy atom. The number of para-hydroxylation sites is 1. The number of anilines is 1. The van der Waals surface area contributed by atoms with E-state index in [-0.39, 0.29) is 6.10 Å². The maximum absolute atomic E-state index is 10.4. The molecule has 29 heavy (non-hydrogen) atoms. The van der Waals surface area contributed by atoms with E-state index in [1.807, 2.05) is 41.2 Å². The topological polar surface area (TPSA) is 79.1 Å². The summed E-state index contributed by atoms with van der Waals surface area (Å²) in [5.41, 5.74) is 1.81. The van der Waals surface area contributed by atoms with Crippen LogP contribution in [0, 0.1) is 0 Å². The maximum Gasteiger partial charge on any atom is 0.168 e. The molecule has 1 aliphatic carbocycles. The summed E-state index contributed by atoms with van der Waals surface area (Å²) in [5.74, 6) is 0.855. The van der Waals surface area contributed by atoms with E-state index in [4.69, 9.17) is 0 Å². The highest BCUT2D eigenvalue weighted by molar-refractivity contribution is 5.87. The highest BCUT2D eigenvalue weighted by Crippen LogP contribution is 2.28. The highest BCUT2D eigenvalue weighted by atomic mass is 16.3. The second-order valence-electron chi connectivity index (χ2n) is 8.23. The van der Waals surface area contributed by atoms with Crippen LogP contribution in [0.3, 0.4) is 0 Å². The third kappa shape index (κ3) is 3.72. The molecule has 0 bridgehead atoms. The molecular weight excluding hydrogens is 364 g/mol. The SMILES string of the molecule is OC1CCCCC1N1CCC(Nc2ncnc3c2cnn3-c2ccccc2)CC1. The van der Waals surface area contributed by atoms with Crippen molar-refractivity contribution in [1.82, 2.24) is 24.6 Å². The molecule has 5 rings (SSSR count). The van der Waals surface area contributed by atoms with Crippen LogP contribution in [0.25, 0.3) is 16.7 Å². The number of rotatable bonds is 4. The number of hydrogen-bond acceptors (Lipinski definition) is 6. The Labute approximate surface area is 170 Å². The van der Waals surface area contributed by atoms with Crippen LogP contribution in [0.2, 0.25) is 0 Å². The van der Waals surface area contributed by atoms with Crippen molar-refractivity contribution in [3.8, 4) is 5.69 Å². The minimum Gasteiger partial charge on any atom is -0.391 e. The number of nitrogens with one attached hydrogen (secondary N) is 1. The van der Waals surface area contributed by atoms with Gasteiger partial charge in [0.15, 0.2) is 5.65 Å². The van der Waals surface area contributed by atoms with Gasteiger partial charge in [-0.2, -0.15) is 5.10 Å². The zero-order valence-corrected chi connectivity index (χ0v) is 16.6. The molecule has 0 spiro atoms. The number of aliphatic hydroxyl groups excluding tert-OH is 1. The first-order valence-electron chi connectivity index (χ1n) is 10.7. The number of hydrogen-bond donors (Lipinski definition) is 2. The number of aromatic nitrogens is 4. The van der Waals surface area contributed by atoms with E-state index in [9.17, 15) is 5.11 Å². The van der Waals surface area contributed by atoms with Gasteiger partial charge < -0.3 is 10.4 Å². The predicted molar refractivity (Wildman–Crippen MR) is 113 cm³/mol. The number of fused-ring (bicyclic) bond motifs is 1. The summed E-state index contributed by atoms with van der Waals surface area (Å²) in [4.78, 5) is 11.5. The summed E-state index contributed by atoms with van der Waals surface area (Å²) in [6, 6.07) is 10.8. The Kier molecular flexibility index (Phi) is 5.16. The maximum atomic E-state index is 10.4. The van der Waals surface area contributed by atoms with Crippen LogP contribution >= 0.6 is 0 Å². The zero-order valence-electron chi connectivity index (χ0n) is 16.6. The third-order valence-corrected chi connectivity index (χ3v) is 6.40. The number of benzene rings is 1. The number of likely N-dealkylation sites (tertiary alicyclic amines) is 1. The molecule has 2 fully saturated rings. The van der Waals surface area contributed by atoms with Gasteiger partial charge in [0.1, 0.15) is 12.1 Å². The van der Waals surface area contributed by atoms with Gasteiger partial charge in [-0.05, 0) is 37.8 Å². The van der Waals surface area contributed by atoms with Crippen molar-refractivity contribution >= 4 is 16.9 Å². The average molecular weight is 393 g/mol. The van der Waals surface area contributed by atoms with Gasteiger partial charge in [-0.3, -0.25) is 4.90 Å². The smallest absolute Gasteiger partial charge is 0.168 e. The fraction of sp³-hybridized carbons (Fsp3) is 0.500. The molecule has 2 aromatic heterocycles. The lowest BCUT2D eigenvalue weighted by Gasteiger charge is -2.41. The van der Waals surface area contributed by atoms with Gasteiger partial charge in [-0.15, -0.1) is 0 Å². The number of aliphatic hydroxyl groups is 1. The minimum absolute atomic E-state index is 0.154. The third-order valence-electron chi connectivity index (χ3n) is 6.40. The van der Waals surface area contributed by atoms with Crippen molar-refractivity contribution in [2.45, 2.75) is 56.7 Å². The van der Waals surface area contributed by atoms with Crippen LogP contribution in [0.5, 0.6) is 0 Å². The molecule has 3 heterocycles. The monoisotopic (exact) mass is 392 g/mol. The van der Waals surface area contributed by atoms with Crippen LogP contribution in [-0.2, 0) is 0 Å². The average Bonchev–Trinajstić information content (AvgIpc) is 3.21. The van der Waals surface area contributed by atoms with Crippen molar-refractivity contribution < 1.29 is 5.11 Å². The van der Waals surface area contributed by atoms with E-state index < -0.39 is 0 Å².